The molecule has 2 aliphatic heterocycles. The zero-order valence-electron chi connectivity index (χ0n) is 17.4. The van der Waals surface area contributed by atoms with E-state index >= 15 is 0 Å². The first-order valence-corrected chi connectivity index (χ1v) is 11.2. The Morgan fingerprint density at radius 3 is 2.79 bits per heavy atom. The molecule has 3 heterocycles. The molecular formula is C21H32ClN6O+. The van der Waals surface area contributed by atoms with E-state index in [0.29, 0.717) is 12.0 Å². The average Bonchev–Trinajstić information content (AvgIpc) is 3.39. The van der Waals surface area contributed by atoms with E-state index < -0.39 is 0 Å². The largest absolute Gasteiger partial charge is 0.376 e. The third-order valence-electron chi connectivity index (χ3n) is 6.05. The van der Waals surface area contributed by atoms with Gasteiger partial charge in [-0.25, -0.2) is 4.68 Å². The Kier molecular flexibility index (Phi) is 6.67. The van der Waals surface area contributed by atoms with Crippen molar-refractivity contribution in [1.82, 2.24) is 20.2 Å². The van der Waals surface area contributed by atoms with Gasteiger partial charge in [0, 0.05) is 23.7 Å². The molecule has 1 aromatic heterocycles. The van der Waals surface area contributed by atoms with Gasteiger partial charge in [-0.2, -0.15) is 0 Å². The molecule has 0 radical (unpaired) electrons. The quantitative estimate of drug-likeness (QED) is 0.743. The summed E-state index contributed by atoms with van der Waals surface area (Å²) in [5.74, 6) is 1.60. The summed E-state index contributed by atoms with van der Waals surface area (Å²) in [5, 5.41) is 13.6. The minimum atomic E-state index is 0.242. The van der Waals surface area contributed by atoms with E-state index in [1.54, 1.807) is 4.90 Å². The second kappa shape index (κ2) is 9.41. The molecule has 29 heavy (non-hydrogen) atoms. The fraction of sp³-hybridized carbons (Fsp3) is 0.667. The first-order chi connectivity index (χ1) is 14.1. The Balaban J connectivity index is 1.46. The van der Waals surface area contributed by atoms with Crippen LogP contribution in [-0.4, -0.2) is 59.1 Å². The van der Waals surface area contributed by atoms with E-state index in [1.807, 2.05) is 16.8 Å². The molecule has 7 nitrogen and oxygen atoms in total. The lowest BCUT2D eigenvalue weighted by molar-refractivity contribution is -0.934. The van der Waals surface area contributed by atoms with E-state index in [4.69, 9.17) is 16.3 Å². The average molecular weight is 420 g/mol. The highest BCUT2D eigenvalue weighted by molar-refractivity contribution is 6.30. The molecule has 8 heteroatoms. The molecule has 1 aromatic carbocycles. The molecule has 0 unspecified atom stereocenters. The standard InChI is InChI=1S/C21H31ClN6O/c1-16(2)13-20(21-23-24-25-28(21)15-19-7-4-12-29-19)27-10-8-26(9-11-27)18-6-3-5-17(22)14-18/h3,5-6,14,16,19-20H,4,7-13,15H2,1-2H3/p+1/t19-,20+/m1/s1. The van der Waals surface area contributed by atoms with Crippen molar-refractivity contribution in [3.05, 3.63) is 35.1 Å². The lowest BCUT2D eigenvalue weighted by Crippen LogP contribution is -3.15. The number of quaternary nitrogens is 1. The molecule has 2 fully saturated rings. The molecule has 2 atom stereocenters. The van der Waals surface area contributed by atoms with Crippen LogP contribution >= 0.6 is 11.6 Å². The van der Waals surface area contributed by atoms with Crippen molar-refractivity contribution in [2.75, 3.05) is 37.7 Å². The van der Waals surface area contributed by atoms with Gasteiger partial charge in [0.15, 0.2) is 0 Å². The van der Waals surface area contributed by atoms with Crippen molar-refractivity contribution in [2.24, 2.45) is 5.92 Å². The summed E-state index contributed by atoms with van der Waals surface area (Å²) in [6, 6.07) is 8.47. The zero-order chi connectivity index (χ0) is 20.2. The second-order valence-corrected chi connectivity index (χ2v) is 9.10. The molecule has 4 rings (SSSR count). The Morgan fingerprint density at radius 1 is 1.28 bits per heavy atom. The molecule has 0 saturated carbocycles. The van der Waals surface area contributed by atoms with Gasteiger partial charge in [-0.1, -0.05) is 31.5 Å². The fourth-order valence-electron chi connectivity index (χ4n) is 4.57. The highest BCUT2D eigenvalue weighted by atomic mass is 35.5. The molecule has 0 aliphatic carbocycles. The predicted molar refractivity (Wildman–Crippen MR) is 113 cm³/mol. The van der Waals surface area contributed by atoms with E-state index in [0.717, 1.165) is 69.4 Å². The van der Waals surface area contributed by atoms with Gasteiger partial charge in [0.2, 0.25) is 5.82 Å². The monoisotopic (exact) mass is 419 g/mol. The normalized spacial score (nSPS) is 21.8. The molecule has 2 aromatic rings. The number of rotatable bonds is 7. The lowest BCUT2D eigenvalue weighted by Gasteiger charge is -2.37. The number of aromatic nitrogens is 4. The van der Waals surface area contributed by atoms with Crippen LogP contribution in [0.2, 0.25) is 5.02 Å². The number of hydrogen-bond donors (Lipinski definition) is 1. The first kappa shape index (κ1) is 20.6. The number of nitrogens with one attached hydrogen (secondary N) is 1. The number of anilines is 1. The molecule has 2 saturated heterocycles. The smallest absolute Gasteiger partial charge is 0.209 e. The van der Waals surface area contributed by atoms with Gasteiger partial charge in [-0.3, -0.25) is 0 Å². The third kappa shape index (κ3) is 5.08. The van der Waals surface area contributed by atoms with Crippen LogP contribution in [0, 0.1) is 5.92 Å². The van der Waals surface area contributed by atoms with Crippen LogP contribution in [0.25, 0.3) is 0 Å². The second-order valence-electron chi connectivity index (χ2n) is 8.66. The van der Waals surface area contributed by atoms with Crippen LogP contribution in [0.3, 0.4) is 0 Å². The minimum absolute atomic E-state index is 0.242. The predicted octanol–water partition coefficient (Wildman–Crippen LogP) is 2.00. The van der Waals surface area contributed by atoms with Crippen LogP contribution in [0.5, 0.6) is 0 Å². The number of nitrogens with zero attached hydrogens (tertiary/aromatic N) is 5. The number of piperazine rings is 1. The number of benzene rings is 1. The molecule has 1 N–H and O–H groups in total. The molecule has 2 aliphatic rings. The van der Waals surface area contributed by atoms with Crippen molar-refractivity contribution >= 4 is 17.3 Å². The summed E-state index contributed by atoms with van der Waals surface area (Å²) >= 11 is 6.19. The number of ether oxygens (including phenoxy) is 1. The lowest BCUT2D eigenvalue weighted by atomic mass is 10.0. The van der Waals surface area contributed by atoms with Crippen LogP contribution in [0.15, 0.2) is 24.3 Å². The Hall–Kier alpha value is -1.70. The SMILES string of the molecule is CC(C)C[C@@H](c1nnnn1C[C@H]1CCCO1)[NH+]1CCN(c2cccc(Cl)c2)CC1. The van der Waals surface area contributed by atoms with Crippen molar-refractivity contribution in [1.29, 1.82) is 0 Å². The topological polar surface area (TPSA) is 60.5 Å². The van der Waals surface area contributed by atoms with Crippen molar-refractivity contribution in [3.8, 4) is 0 Å². The van der Waals surface area contributed by atoms with Gasteiger partial charge in [0.25, 0.3) is 0 Å². The summed E-state index contributed by atoms with van der Waals surface area (Å²) in [4.78, 5) is 4.00. The maximum atomic E-state index is 6.19. The molecule has 0 bridgehead atoms. The Bertz CT molecular complexity index is 783. The number of halogens is 1. The highest BCUT2D eigenvalue weighted by Crippen LogP contribution is 2.22. The summed E-state index contributed by atoms with van der Waals surface area (Å²) in [6.45, 7) is 10.3. The van der Waals surface area contributed by atoms with Crippen molar-refractivity contribution < 1.29 is 9.64 Å². The molecule has 0 spiro atoms. The van der Waals surface area contributed by atoms with Crippen LogP contribution in [0.4, 0.5) is 5.69 Å². The maximum absolute atomic E-state index is 6.19. The molecule has 0 amide bonds. The summed E-state index contributed by atoms with van der Waals surface area (Å²) in [5.41, 5.74) is 1.21. The highest BCUT2D eigenvalue weighted by Gasteiger charge is 2.34. The van der Waals surface area contributed by atoms with Crippen LogP contribution < -0.4 is 9.80 Å². The van der Waals surface area contributed by atoms with Gasteiger partial charge >= 0.3 is 0 Å². The van der Waals surface area contributed by atoms with E-state index in [1.165, 1.54) is 5.69 Å². The number of tetrazole rings is 1. The Morgan fingerprint density at radius 2 is 2.10 bits per heavy atom. The summed E-state index contributed by atoms with van der Waals surface area (Å²) in [6.07, 6.45) is 3.55. The van der Waals surface area contributed by atoms with Gasteiger partial charge < -0.3 is 14.5 Å². The van der Waals surface area contributed by atoms with E-state index in [9.17, 15) is 0 Å². The molecular weight excluding hydrogens is 388 g/mol. The van der Waals surface area contributed by atoms with E-state index in [2.05, 4.69) is 46.4 Å². The number of hydrogen-bond acceptors (Lipinski definition) is 5. The maximum Gasteiger partial charge on any atom is 0.209 e. The van der Waals surface area contributed by atoms with E-state index in [-0.39, 0.29) is 6.10 Å². The zero-order valence-corrected chi connectivity index (χ0v) is 18.2. The fourth-order valence-corrected chi connectivity index (χ4v) is 4.76. The molecule has 158 valence electrons. The van der Waals surface area contributed by atoms with Crippen molar-refractivity contribution in [3.63, 3.8) is 0 Å². The summed E-state index contributed by atoms with van der Waals surface area (Å²) in [7, 11) is 0. The minimum Gasteiger partial charge on any atom is -0.376 e. The third-order valence-corrected chi connectivity index (χ3v) is 6.29. The van der Waals surface area contributed by atoms with Crippen LogP contribution in [0.1, 0.15) is 45.0 Å². The van der Waals surface area contributed by atoms with Gasteiger partial charge in [-0.15, -0.1) is 5.10 Å². The van der Waals surface area contributed by atoms with Gasteiger partial charge in [-0.05, 0) is 47.4 Å². The van der Waals surface area contributed by atoms with Crippen LogP contribution in [-0.2, 0) is 11.3 Å². The van der Waals surface area contributed by atoms with Gasteiger partial charge in [0.1, 0.15) is 6.04 Å². The summed E-state index contributed by atoms with van der Waals surface area (Å²) < 4.78 is 7.82. The van der Waals surface area contributed by atoms with Crippen molar-refractivity contribution in [2.45, 2.75) is 51.8 Å². The first-order valence-electron chi connectivity index (χ1n) is 10.8. The van der Waals surface area contributed by atoms with Gasteiger partial charge in [0.05, 0.1) is 38.8 Å². The Labute approximate surface area is 178 Å².